The van der Waals surface area contributed by atoms with E-state index in [2.05, 4.69) is 26.1 Å². The number of hydrogen-bond acceptors (Lipinski definition) is 5. The Kier molecular flexibility index (Phi) is 6.93. The first-order valence-corrected chi connectivity index (χ1v) is 7.51. The number of nitrogens with one attached hydrogen (secondary N) is 1. The van der Waals surface area contributed by atoms with Gasteiger partial charge >= 0.3 is 0 Å². The lowest BCUT2D eigenvalue weighted by atomic mass is 9.91. The second kappa shape index (κ2) is 7.94. The lowest BCUT2D eigenvalue weighted by molar-refractivity contribution is 0.0722. The number of ether oxygens (including phenoxy) is 2. The molecule has 1 aromatic heterocycles. The molecule has 0 aliphatic carbocycles. The third kappa shape index (κ3) is 5.57. The fourth-order valence-electron chi connectivity index (χ4n) is 1.78. The van der Waals surface area contributed by atoms with E-state index in [4.69, 9.17) is 14.5 Å². The molecule has 1 rings (SSSR count). The maximum atomic E-state index is 5.50. The molecule has 1 aromatic rings. The second-order valence-electron chi connectivity index (χ2n) is 5.51. The van der Waals surface area contributed by atoms with Crippen LogP contribution in [0, 0.1) is 0 Å². The van der Waals surface area contributed by atoms with E-state index in [-0.39, 0.29) is 5.41 Å². The molecule has 0 aliphatic rings. The van der Waals surface area contributed by atoms with Gasteiger partial charge in [0.2, 0.25) is 0 Å². The minimum atomic E-state index is 0.0951. The van der Waals surface area contributed by atoms with Crippen molar-refractivity contribution in [2.75, 3.05) is 34.0 Å². The molecule has 0 saturated carbocycles. The fourth-order valence-corrected chi connectivity index (χ4v) is 3.05. The van der Waals surface area contributed by atoms with Crippen molar-refractivity contribution in [2.45, 2.75) is 39.2 Å². The van der Waals surface area contributed by atoms with Crippen LogP contribution in [0.3, 0.4) is 0 Å². The highest BCUT2D eigenvalue weighted by Crippen LogP contribution is 2.29. The summed E-state index contributed by atoms with van der Waals surface area (Å²) in [7, 11) is 3.66. The minimum Gasteiger partial charge on any atom is -0.382 e. The van der Waals surface area contributed by atoms with Gasteiger partial charge in [0.15, 0.2) is 0 Å². The van der Waals surface area contributed by atoms with Crippen LogP contribution >= 0.6 is 11.3 Å². The second-order valence-corrected chi connectivity index (χ2v) is 6.68. The van der Waals surface area contributed by atoms with Gasteiger partial charge in [-0.15, -0.1) is 11.3 Å². The molecule has 110 valence electrons. The van der Waals surface area contributed by atoms with E-state index in [1.807, 2.05) is 7.05 Å². The molecule has 19 heavy (non-hydrogen) atoms. The van der Waals surface area contributed by atoms with Crippen LogP contribution in [0.15, 0.2) is 0 Å². The molecule has 1 heterocycles. The van der Waals surface area contributed by atoms with Gasteiger partial charge in [-0.2, -0.15) is 0 Å². The zero-order chi connectivity index (χ0) is 14.3. The molecular formula is C14H26N2O2S. The standard InChI is InChI=1S/C14H26N2O2S/c1-14(2,3)13-11(10-15-4)19-12(16-13)6-7-18-9-8-17-5/h15H,6-10H2,1-5H3. The van der Waals surface area contributed by atoms with Gasteiger partial charge in [-0.3, -0.25) is 0 Å². The summed E-state index contributed by atoms with van der Waals surface area (Å²) >= 11 is 1.79. The zero-order valence-electron chi connectivity index (χ0n) is 12.7. The average molecular weight is 286 g/mol. The molecule has 0 aromatic carbocycles. The molecule has 0 spiro atoms. The molecule has 0 saturated heterocycles. The summed E-state index contributed by atoms with van der Waals surface area (Å²) < 4.78 is 10.4. The van der Waals surface area contributed by atoms with Gasteiger partial charge < -0.3 is 14.8 Å². The number of hydrogen-bond donors (Lipinski definition) is 1. The van der Waals surface area contributed by atoms with Crippen molar-refractivity contribution in [3.63, 3.8) is 0 Å². The van der Waals surface area contributed by atoms with Crippen LogP contribution in [0.4, 0.5) is 0 Å². The quantitative estimate of drug-likeness (QED) is 0.745. The van der Waals surface area contributed by atoms with Gasteiger partial charge in [-0.1, -0.05) is 20.8 Å². The topological polar surface area (TPSA) is 43.4 Å². The minimum absolute atomic E-state index is 0.0951. The highest BCUT2D eigenvalue weighted by molar-refractivity contribution is 7.11. The van der Waals surface area contributed by atoms with Crippen molar-refractivity contribution < 1.29 is 9.47 Å². The van der Waals surface area contributed by atoms with E-state index in [1.165, 1.54) is 10.6 Å². The maximum Gasteiger partial charge on any atom is 0.0954 e. The van der Waals surface area contributed by atoms with Gasteiger partial charge in [-0.25, -0.2) is 4.98 Å². The van der Waals surface area contributed by atoms with E-state index in [0.717, 1.165) is 18.0 Å². The summed E-state index contributed by atoms with van der Waals surface area (Å²) in [4.78, 5) is 6.12. The normalized spacial score (nSPS) is 12.1. The van der Waals surface area contributed by atoms with Crippen LogP contribution in [0.2, 0.25) is 0 Å². The van der Waals surface area contributed by atoms with E-state index in [1.54, 1.807) is 18.4 Å². The molecule has 0 unspecified atom stereocenters. The molecule has 0 bridgehead atoms. The molecule has 4 nitrogen and oxygen atoms in total. The fraction of sp³-hybridized carbons (Fsp3) is 0.786. The Bertz CT molecular complexity index is 372. The third-order valence-corrected chi connectivity index (χ3v) is 3.80. The SMILES string of the molecule is CNCc1sc(CCOCCOC)nc1C(C)(C)C. The molecular weight excluding hydrogens is 260 g/mol. The average Bonchev–Trinajstić information content (AvgIpc) is 2.72. The molecule has 0 amide bonds. The van der Waals surface area contributed by atoms with Crippen LogP contribution in [-0.4, -0.2) is 39.0 Å². The Labute approximate surface area is 120 Å². The predicted octanol–water partition coefficient (Wildman–Crippen LogP) is 2.37. The molecule has 1 N–H and O–H groups in total. The lowest BCUT2D eigenvalue weighted by Gasteiger charge is -2.17. The van der Waals surface area contributed by atoms with Crippen molar-refractivity contribution >= 4 is 11.3 Å². The Balaban J connectivity index is 2.59. The first-order chi connectivity index (χ1) is 8.99. The smallest absolute Gasteiger partial charge is 0.0954 e. The largest absolute Gasteiger partial charge is 0.382 e. The number of rotatable bonds is 8. The molecule has 0 radical (unpaired) electrons. The molecule has 0 fully saturated rings. The summed E-state index contributed by atoms with van der Waals surface area (Å²) in [5.41, 5.74) is 1.30. The molecule has 0 aliphatic heterocycles. The Morgan fingerprint density at radius 1 is 1.21 bits per heavy atom. The highest BCUT2D eigenvalue weighted by atomic mass is 32.1. The Morgan fingerprint density at radius 3 is 2.53 bits per heavy atom. The zero-order valence-corrected chi connectivity index (χ0v) is 13.5. The van der Waals surface area contributed by atoms with E-state index in [9.17, 15) is 0 Å². The van der Waals surface area contributed by atoms with E-state index < -0.39 is 0 Å². The predicted molar refractivity (Wildman–Crippen MR) is 80.0 cm³/mol. The van der Waals surface area contributed by atoms with Crippen molar-refractivity contribution in [1.29, 1.82) is 0 Å². The monoisotopic (exact) mass is 286 g/mol. The van der Waals surface area contributed by atoms with Gasteiger partial charge in [-0.05, 0) is 7.05 Å². The third-order valence-electron chi connectivity index (χ3n) is 2.68. The summed E-state index contributed by atoms with van der Waals surface area (Å²) in [6, 6.07) is 0. The van der Waals surface area contributed by atoms with E-state index in [0.29, 0.717) is 19.8 Å². The Morgan fingerprint density at radius 2 is 1.95 bits per heavy atom. The maximum absolute atomic E-state index is 5.50. The summed E-state index contributed by atoms with van der Waals surface area (Å²) in [5, 5.41) is 4.38. The highest BCUT2D eigenvalue weighted by Gasteiger charge is 2.22. The van der Waals surface area contributed by atoms with Crippen LogP contribution in [0.1, 0.15) is 36.3 Å². The van der Waals surface area contributed by atoms with Crippen LogP contribution in [0.5, 0.6) is 0 Å². The van der Waals surface area contributed by atoms with E-state index >= 15 is 0 Å². The van der Waals surface area contributed by atoms with Gasteiger partial charge in [0.1, 0.15) is 0 Å². The lowest BCUT2D eigenvalue weighted by Crippen LogP contribution is -2.16. The summed E-state index contributed by atoms with van der Waals surface area (Å²) in [6.45, 7) is 9.52. The van der Waals surface area contributed by atoms with Crippen molar-refractivity contribution in [2.24, 2.45) is 0 Å². The van der Waals surface area contributed by atoms with Gasteiger partial charge in [0, 0.05) is 30.4 Å². The first kappa shape index (κ1) is 16.6. The van der Waals surface area contributed by atoms with Crippen LogP contribution in [0.25, 0.3) is 0 Å². The molecule has 0 atom stereocenters. The van der Waals surface area contributed by atoms with Gasteiger partial charge in [0.05, 0.1) is 30.5 Å². The summed E-state index contributed by atoms with van der Waals surface area (Å²) in [5.74, 6) is 0. The number of thiazole rings is 1. The molecule has 5 heteroatoms. The number of methoxy groups -OCH3 is 1. The first-order valence-electron chi connectivity index (χ1n) is 6.69. The van der Waals surface area contributed by atoms with Crippen molar-refractivity contribution in [1.82, 2.24) is 10.3 Å². The van der Waals surface area contributed by atoms with Crippen LogP contribution < -0.4 is 5.32 Å². The van der Waals surface area contributed by atoms with Gasteiger partial charge in [0.25, 0.3) is 0 Å². The van der Waals surface area contributed by atoms with Crippen LogP contribution in [-0.2, 0) is 27.9 Å². The Hall–Kier alpha value is -0.490. The van der Waals surface area contributed by atoms with Crippen molar-refractivity contribution in [3.05, 3.63) is 15.6 Å². The summed E-state index contributed by atoms with van der Waals surface area (Å²) in [6.07, 6.45) is 0.876. The number of aromatic nitrogens is 1. The number of nitrogens with zero attached hydrogens (tertiary/aromatic N) is 1. The van der Waals surface area contributed by atoms with Crippen molar-refractivity contribution in [3.8, 4) is 0 Å².